The molecule has 0 bridgehead atoms. The Kier molecular flexibility index (Phi) is 4.08. The molecule has 2 N–H and O–H groups in total. The number of ether oxygens (including phenoxy) is 1. The summed E-state index contributed by atoms with van der Waals surface area (Å²) in [4.78, 5) is 0.257. The van der Waals surface area contributed by atoms with E-state index in [0.29, 0.717) is 5.69 Å². The Morgan fingerprint density at radius 2 is 1.81 bits per heavy atom. The van der Waals surface area contributed by atoms with E-state index in [2.05, 4.69) is 10.0 Å². The molecule has 1 fully saturated rings. The lowest BCUT2D eigenvalue weighted by Crippen LogP contribution is -2.38. The Labute approximate surface area is 127 Å². The highest BCUT2D eigenvalue weighted by atomic mass is 32.2. The van der Waals surface area contributed by atoms with Crippen molar-refractivity contribution in [2.24, 2.45) is 0 Å². The molecular weight excluding hydrogens is 288 g/mol. The van der Waals surface area contributed by atoms with Gasteiger partial charge in [0, 0.05) is 0 Å². The van der Waals surface area contributed by atoms with E-state index < -0.39 is 10.0 Å². The molecule has 1 saturated heterocycles. The Morgan fingerprint density at radius 3 is 2.33 bits per heavy atom. The molecular formula is C15H24N2O3S. The summed E-state index contributed by atoms with van der Waals surface area (Å²) in [6.07, 6.45) is 0.813. The van der Waals surface area contributed by atoms with Crippen molar-refractivity contribution in [1.29, 1.82) is 0 Å². The maximum atomic E-state index is 12.1. The van der Waals surface area contributed by atoms with Crippen molar-refractivity contribution in [1.82, 2.24) is 4.72 Å². The van der Waals surface area contributed by atoms with E-state index in [-0.39, 0.29) is 22.1 Å². The van der Waals surface area contributed by atoms with Crippen LogP contribution in [0.15, 0.2) is 29.2 Å². The van der Waals surface area contributed by atoms with Gasteiger partial charge < -0.3 is 10.1 Å². The van der Waals surface area contributed by atoms with Gasteiger partial charge >= 0.3 is 0 Å². The zero-order valence-electron chi connectivity index (χ0n) is 13.2. The summed E-state index contributed by atoms with van der Waals surface area (Å²) in [5, 5.41) is 3.35. The van der Waals surface area contributed by atoms with Gasteiger partial charge in [0.25, 0.3) is 0 Å². The summed E-state index contributed by atoms with van der Waals surface area (Å²) in [7, 11) is -2.08. The smallest absolute Gasteiger partial charge is 0.242 e. The maximum Gasteiger partial charge on any atom is 0.242 e. The molecule has 6 heteroatoms. The Morgan fingerprint density at radius 1 is 1.19 bits per heavy atom. The van der Waals surface area contributed by atoms with Crippen LogP contribution in [-0.2, 0) is 14.8 Å². The number of sulfonamides is 1. The lowest BCUT2D eigenvalue weighted by atomic mass is 9.94. The van der Waals surface area contributed by atoms with Crippen LogP contribution < -0.4 is 10.0 Å². The van der Waals surface area contributed by atoms with Crippen molar-refractivity contribution in [3.05, 3.63) is 24.3 Å². The maximum absolute atomic E-state index is 12.1. The van der Waals surface area contributed by atoms with Crippen LogP contribution in [0.25, 0.3) is 0 Å². The number of para-hydroxylation sites is 1. The number of benzene rings is 1. The van der Waals surface area contributed by atoms with Gasteiger partial charge in [0.15, 0.2) is 0 Å². The molecule has 21 heavy (non-hydrogen) atoms. The third-order valence-electron chi connectivity index (χ3n) is 3.85. The van der Waals surface area contributed by atoms with Crippen LogP contribution in [0.1, 0.15) is 34.1 Å². The molecule has 1 unspecified atom stereocenters. The summed E-state index contributed by atoms with van der Waals surface area (Å²) in [6, 6.07) is 6.97. The second kappa shape index (κ2) is 5.26. The Hall–Kier alpha value is -1.11. The van der Waals surface area contributed by atoms with Crippen molar-refractivity contribution in [2.75, 3.05) is 12.4 Å². The van der Waals surface area contributed by atoms with E-state index in [1.807, 2.05) is 33.8 Å². The molecule has 0 aromatic heterocycles. The number of nitrogens with one attached hydrogen (secondary N) is 2. The average molecular weight is 312 g/mol. The lowest BCUT2D eigenvalue weighted by molar-refractivity contribution is -0.0662. The highest BCUT2D eigenvalue weighted by Crippen LogP contribution is 2.39. The van der Waals surface area contributed by atoms with Gasteiger partial charge in [-0.3, -0.25) is 0 Å². The van der Waals surface area contributed by atoms with Crippen molar-refractivity contribution in [3.8, 4) is 0 Å². The summed E-state index contributed by atoms with van der Waals surface area (Å²) in [6.45, 7) is 8.14. The molecule has 5 nitrogen and oxygen atoms in total. The van der Waals surface area contributed by atoms with Crippen LogP contribution >= 0.6 is 0 Å². The molecule has 0 amide bonds. The fourth-order valence-corrected chi connectivity index (χ4v) is 3.80. The zero-order chi connectivity index (χ0) is 15.9. The van der Waals surface area contributed by atoms with E-state index in [1.165, 1.54) is 7.05 Å². The molecule has 0 radical (unpaired) electrons. The molecule has 118 valence electrons. The third kappa shape index (κ3) is 3.39. The Bertz CT molecular complexity index is 624. The average Bonchev–Trinajstić information content (AvgIpc) is 2.57. The van der Waals surface area contributed by atoms with Crippen LogP contribution in [0.2, 0.25) is 0 Å². The summed E-state index contributed by atoms with van der Waals surface area (Å²) >= 11 is 0. The lowest BCUT2D eigenvalue weighted by Gasteiger charge is -2.29. The molecule has 1 aromatic rings. The minimum Gasteiger partial charge on any atom is -0.378 e. The molecule has 0 saturated carbocycles. The minimum atomic E-state index is -3.49. The topological polar surface area (TPSA) is 67.4 Å². The van der Waals surface area contributed by atoms with E-state index in [0.717, 1.165) is 6.42 Å². The van der Waals surface area contributed by atoms with Gasteiger partial charge in [0.1, 0.15) is 4.90 Å². The molecule has 1 atom stereocenters. The van der Waals surface area contributed by atoms with Crippen molar-refractivity contribution in [3.63, 3.8) is 0 Å². The van der Waals surface area contributed by atoms with Gasteiger partial charge in [0.2, 0.25) is 10.0 Å². The van der Waals surface area contributed by atoms with Gasteiger partial charge in [-0.15, -0.1) is 0 Å². The predicted octanol–water partition coefficient (Wildman–Crippen LogP) is 2.35. The first kappa shape index (κ1) is 16.3. The van der Waals surface area contributed by atoms with E-state index >= 15 is 0 Å². The molecule has 1 aromatic carbocycles. The van der Waals surface area contributed by atoms with Crippen molar-refractivity contribution < 1.29 is 13.2 Å². The highest BCUT2D eigenvalue weighted by Gasteiger charge is 2.46. The first-order valence-electron chi connectivity index (χ1n) is 7.07. The fourth-order valence-electron chi connectivity index (χ4n) is 2.90. The van der Waals surface area contributed by atoms with Crippen LogP contribution in [0, 0.1) is 0 Å². The number of hydrogen-bond acceptors (Lipinski definition) is 4. The first-order valence-corrected chi connectivity index (χ1v) is 8.55. The third-order valence-corrected chi connectivity index (χ3v) is 5.32. The number of anilines is 1. The summed E-state index contributed by atoms with van der Waals surface area (Å²) < 4.78 is 32.6. The highest BCUT2D eigenvalue weighted by molar-refractivity contribution is 7.89. The Balaban J connectivity index is 2.34. The van der Waals surface area contributed by atoms with Crippen LogP contribution in [0.5, 0.6) is 0 Å². The molecule has 2 rings (SSSR count). The van der Waals surface area contributed by atoms with E-state index in [1.54, 1.807) is 18.2 Å². The van der Waals surface area contributed by atoms with Crippen molar-refractivity contribution in [2.45, 2.75) is 56.3 Å². The van der Waals surface area contributed by atoms with Gasteiger partial charge in [0.05, 0.1) is 22.9 Å². The van der Waals surface area contributed by atoms with Crippen LogP contribution in [0.4, 0.5) is 5.69 Å². The molecule has 0 spiro atoms. The van der Waals surface area contributed by atoms with Gasteiger partial charge in [-0.2, -0.15) is 0 Å². The quantitative estimate of drug-likeness (QED) is 0.895. The van der Waals surface area contributed by atoms with Crippen LogP contribution in [-0.4, -0.2) is 32.7 Å². The van der Waals surface area contributed by atoms with Gasteiger partial charge in [-0.05, 0) is 53.3 Å². The zero-order valence-corrected chi connectivity index (χ0v) is 14.0. The normalized spacial score (nSPS) is 24.0. The molecule has 0 aliphatic carbocycles. The molecule has 1 heterocycles. The standard InChI is InChI=1S/C15H24N2O3S/c1-14(2)10-13(15(3,4)20-14)17-11-8-6-7-9-12(11)21(18,19)16-5/h6-9,13,16-17H,10H2,1-5H3. The number of hydrogen-bond donors (Lipinski definition) is 2. The van der Waals surface area contributed by atoms with Gasteiger partial charge in [-0.1, -0.05) is 12.1 Å². The SMILES string of the molecule is CNS(=O)(=O)c1ccccc1NC1CC(C)(C)OC1(C)C. The monoisotopic (exact) mass is 312 g/mol. The van der Waals surface area contributed by atoms with E-state index in [4.69, 9.17) is 4.74 Å². The summed E-state index contributed by atoms with van der Waals surface area (Å²) in [5.74, 6) is 0. The van der Waals surface area contributed by atoms with E-state index in [9.17, 15) is 8.42 Å². The molecule has 1 aliphatic rings. The molecule has 1 aliphatic heterocycles. The second-order valence-corrected chi connectivity index (χ2v) is 8.42. The minimum absolute atomic E-state index is 0.0423. The first-order chi connectivity index (χ1) is 9.57. The van der Waals surface area contributed by atoms with Crippen molar-refractivity contribution >= 4 is 15.7 Å². The van der Waals surface area contributed by atoms with Gasteiger partial charge in [-0.25, -0.2) is 13.1 Å². The largest absolute Gasteiger partial charge is 0.378 e. The van der Waals surface area contributed by atoms with Crippen LogP contribution in [0.3, 0.4) is 0 Å². The second-order valence-electron chi connectivity index (χ2n) is 6.57. The fraction of sp³-hybridized carbons (Fsp3) is 0.600. The summed E-state index contributed by atoms with van der Waals surface area (Å²) in [5.41, 5.74) is 0.0177. The number of rotatable bonds is 4. The predicted molar refractivity (Wildman–Crippen MR) is 84.0 cm³/mol.